The molecule has 1 aliphatic heterocycles. The van der Waals surface area contributed by atoms with Crippen LogP contribution in [0.2, 0.25) is 0 Å². The van der Waals surface area contributed by atoms with E-state index in [1.54, 1.807) is 11.8 Å². The fourth-order valence-electron chi connectivity index (χ4n) is 1.48. The van der Waals surface area contributed by atoms with Crippen molar-refractivity contribution in [1.29, 1.82) is 0 Å². The second-order valence-electron chi connectivity index (χ2n) is 3.41. The molecule has 1 fully saturated rings. The first kappa shape index (κ1) is 10.8. The number of Topliss-reactive ketones (excluding diaryl/α,β-unsaturated/α-hetero) is 1. The lowest BCUT2D eigenvalue weighted by Crippen LogP contribution is -2.30. The highest BCUT2D eigenvalue weighted by molar-refractivity contribution is 5.80. The lowest BCUT2D eigenvalue weighted by molar-refractivity contribution is -0.120. The Hall–Kier alpha value is -1.32. The van der Waals surface area contributed by atoms with Crippen molar-refractivity contribution in [3.8, 4) is 0 Å². The normalized spacial score (nSPS) is 20.6. The second kappa shape index (κ2) is 4.79. The molecule has 0 unspecified atom stereocenters. The molecule has 0 radical (unpaired) electrons. The Bertz CT molecular complexity index is 250. The molecule has 4 heteroatoms. The van der Waals surface area contributed by atoms with Crippen LogP contribution < -0.4 is 0 Å². The van der Waals surface area contributed by atoms with Gasteiger partial charge in [0.2, 0.25) is 0 Å². The van der Waals surface area contributed by atoms with E-state index in [0.29, 0.717) is 13.1 Å². The summed E-state index contributed by atoms with van der Waals surface area (Å²) in [7, 11) is 0. The number of nitrogens with zero attached hydrogens (tertiary/aromatic N) is 1. The molecule has 0 N–H and O–H groups in total. The molecule has 78 valence electrons. The molecule has 0 saturated carbocycles. The van der Waals surface area contributed by atoms with Gasteiger partial charge < -0.3 is 9.64 Å². The third-order valence-electron chi connectivity index (χ3n) is 2.35. The van der Waals surface area contributed by atoms with Gasteiger partial charge >= 0.3 is 6.09 Å². The molecule has 0 aromatic rings. The van der Waals surface area contributed by atoms with Crippen molar-refractivity contribution in [3.05, 3.63) is 12.7 Å². The van der Waals surface area contributed by atoms with Gasteiger partial charge in [-0.25, -0.2) is 4.79 Å². The first-order valence-electron chi connectivity index (χ1n) is 4.68. The number of carbonyl (C=O) groups excluding carboxylic acids is 2. The highest BCUT2D eigenvalue weighted by Crippen LogP contribution is 2.17. The zero-order chi connectivity index (χ0) is 10.6. The molecule has 1 rings (SSSR count). The molecular weight excluding hydrogens is 182 g/mol. The van der Waals surface area contributed by atoms with Crippen molar-refractivity contribution in [2.24, 2.45) is 5.92 Å². The van der Waals surface area contributed by atoms with Crippen LogP contribution in [0.15, 0.2) is 12.7 Å². The summed E-state index contributed by atoms with van der Waals surface area (Å²) in [5, 5.41) is 0. The molecule has 0 spiro atoms. The van der Waals surface area contributed by atoms with E-state index in [0.717, 1.165) is 6.42 Å². The highest BCUT2D eigenvalue weighted by Gasteiger charge is 2.29. The predicted octanol–water partition coefficient (Wildman–Crippen LogP) is 1.22. The van der Waals surface area contributed by atoms with E-state index in [9.17, 15) is 9.59 Å². The van der Waals surface area contributed by atoms with Gasteiger partial charge in [0.1, 0.15) is 12.4 Å². The summed E-state index contributed by atoms with van der Waals surface area (Å²) in [4.78, 5) is 23.9. The lowest BCUT2D eigenvalue weighted by Gasteiger charge is -2.14. The third-order valence-corrected chi connectivity index (χ3v) is 2.35. The maximum absolute atomic E-state index is 11.3. The van der Waals surface area contributed by atoms with Crippen LogP contribution in [-0.2, 0) is 9.53 Å². The lowest BCUT2D eigenvalue weighted by atomic mass is 10.1. The van der Waals surface area contributed by atoms with Gasteiger partial charge in [0.05, 0.1) is 0 Å². The van der Waals surface area contributed by atoms with Gasteiger partial charge in [0, 0.05) is 19.0 Å². The van der Waals surface area contributed by atoms with E-state index < -0.39 is 0 Å². The molecule has 14 heavy (non-hydrogen) atoms. The molecule has 0 bridgehead atoms. The van der Waals surface area contributed by atoms with Gasteiger partial charge in [0.25, 0.3) is 0 Å². The van der Waals surface area contributed by atoms with E-state index in [1.807, 2.05) is 0 Å². The molecule has 1 heterocycles. The SMILES string of the molecule is C=CCOC(=O)N1CC[C@H](C(C)=O)C1. The van der Waals surface area contributed by atoms with Crippen LogP contribution in [0.1, 0.15) is 13.3 Å². The Kier molecular flexibility index (Phi) is 3.68. The van der Waals surface area contributed by atoms with Gasteiger partial charge in [-0.15, -0.1) is 0 Å². The van der Waals surface area contributed by atoms with Crippen molar-refractivity contribution in [2.45, 2.75) is 13.3 Å². The Balaban J connectivity index is 2.37. The van der Waals surface area contributed by atoms with Crippen LogP contribution in [0.5, 0.6) is 0 Å². The monoisotopic (exact) mass is 197 g/mol. The van der Waals surface area contributed by atoms with Crippen LogP contribution in [0.3, 0.4) is 0 Å². The second-order valence-corrected chi connectivity index (χ2v) is 3.41. The highest BCUT2D eigenvalue weighted by atomic mass is 16.6. The first-order valence-corrected chi connectivity index (χ1v) is 4.68. The van der Waals surface area contributed by atoms with Crippen molar-refractivity contribution < 1.29 is 14.3 Å². The molecule has 1 amide bonds. The van der Waals surface area contributed by atoms with E-state index >= 15 is 0 Å². The van der Waals surface area contributed by atoms with Gasteiger partial charge in [-0.1, -0.05) is 12.7 Å². The fourth-order valence-corrected chi connectivity index (χ4v) is 1.48. The maximum atomic E-state index is 11.3. The molecule has 1 aliphatic rings. The van der Waals surface area contributed by atoms with Crippen LogP contribution in [-0.4, -0.2) is 36.5 Å². The minimum Gasteiger partial charge on any atom is -0.445 e. The first-order chi connectivity index (χ1) is 6.65. The number of hydrogen-bond donors (Lipinski definition) is 0. The Morgan fingerprint density at radius 2 is 2.36 bits per heavy atom. The van der Waals surface area contributed by atoms with Crippen molar-refractivity contribution in [1.82, 2.24) is 4.90 Å². The predicted molar refractivity (Wildman–Crippen MR) is 51.9 cm³/mol. The van der Waals surface area contributed by atoms with Gasteiger partial charge in [-0.2, -0.15) is 0 Å². The van der Waals surface area contributed by atoms with Crippen LogP contribution in [0, 0.1) is 5.92 Å². The zero-order valence-corrected chi connectivity index (χ0v) is 8.36. The summed E-state index contributed by atoms with van der Waals surface area (Å²) in [5.74, 6) is 0.135. The maximum Gasteiger partial charge on any atom is 0.410 e. The molecule has 0 aromatic heterocycles. The van der Waals surface area contributed by atoms with E-state index in [4.69, 9.17) is 4.74 Å². The molecule has 0 aliphatic carbocycles. The van der Waals surface area contributed by atoms with E-state index in [2.05, 4.69) is 6.58 Å². The van der Waals surface area contributed by atoms with Crippen molar-refractivity contribution >= 4 is 11.9 Å². The molecule has 4 nitrogen and oxygen atoms in total. The number of likely N-dealkylation sites (tertiary alicyclic amines) is 1. The number of ether oxygens (including phenoxy) is 1. The van der Waals surface area contributed by atoms with Crippen LogP contribution in [0.25, 0.3) is 0 Å². The van der Waals surface area contributed by atoms with Gasteiger partial charge in [-0.05, 0) is 13.3 Å². The summed E-state index contributed by atoms with van der Waals surface area (Å²) >= 11 is 0. The number of ketones is 1. The smallest absolute Gasteiger partial charge is 0.410 e. The summed E-state index contributed by atoms with van der Waals surface area (Å²) in [6.07, 6.45) is 1.92. The largest absolute Gasteiger partial charge is 0.445 e. The summed E-state index contributed by atoms with van der Waals surface area (Å²) in [6, 6.07) is 0. The van der Waals surface area contributed by atoms with Crippen LogP contribution >= 0.6 is 0 Å². The van der Waals surface area contributed by atoms with Crippen molar-refractivity contribution in [3.63, 3.8) is 0 Å². The number of hydrogen-bond acceptors (Lipinski definition) is 3. The molecular formula is C10H15NO3. The van der Waals surface area contributed by atoms with Crippen LogP contribution in [0.4, 0.5) is 4.79 Å². The van der Waals surface area contributed by atoms with Gasteiger partial charge in [0.15, 0.2) is 0 Å². The number of rotatable bonds is 3. The quantitative estimate of drug-likeness (QED) is 0.639. The number of amides is 1. The molecule has 1 saturated heterocycles. The molecule has 1 atom stereocenters. The average molecular weight is 197 g/mol. The minimum atomic E-state index is -0.353. The Morgan fingerprint density at radius 3 is 2.86 bits per heavy atom. The summed E-state index contributed by atoms with van der Waals surface area (Å²) in [6.45, 7) is 6.34. The minimum absolute atomic E-state index is 0.00807. The van der Waals surface area contributed by atoms with E-state index in [-0.39, 0.29) is 24.4 Å². The van der Waals surface area contributed by atoms with E-state index in [1.165, 1.54) is 6.08 Å². The molecule has 0 aromatic carbocycles. The summed E-state index contributed by atoms with van der Waals surface area (Å²) in [5.41, 5.74) is 0. The average Bonchev–Trinajstić information content (AvgIpc) is 2.62. The third kappa shape index (κ3) is 2.58. The number of carbonyl (C=O) groups is 2. The fraction of sp³-hybridized carbons (Fsp3) is 0.600. The standard InChI is InChI=1S/C10H15NO3/c1-3-6-14-10(13)11-5-4-9(7-11)8(2)12/h3,9H,1,4-7H2,2H3/t9-/m0/s1. The Labute approximate surface area is 83.5 Å². The topological polar surface area (TPSA) is 46.6 Å². The Morgan fingerprint density at radius 1 is 1.64 bits per heavy atom. The zero-order valence-electron chi connectivity index (χ0n) is 8.36. The van der Waals surface area contributed by atoms with Gasteiger partial charge in [-0.3, -0.25) is 4.79 Å². The summed E-state index contributed by atoms with van der Waals surface area (Å²) < 4.78 is 4.86. The van der Waals surface area contributed by atoms with Crippen molar-refractivity contribution in [2.75, 3.05) is 19.7 Å².